The minimum absolute atomic E-state index is 0.535. The average molecular weight is 828 g/mol. The zero-order valence-corrected chi connectivity index (χ0v) is 35.5. The topological polar surface area (TPSA) is 16.4 Å². The Bertz CT molecular complexity index is 3750. The summed E-state index contributed by atoms with van der Waals surface area (Å²) < 4.78 is 6.69. The lowest BCUT2D eigenvalue weighted by Crippen LogP contribution is -2.28. The molecule has 0 saturated heterocycles. The Hall–Kier alpha value is -8.46. The third kappa shape index (κ3) is 5.74. The van der Waals surface area contributed by atoms with Gasteiger partial charge in [0.05, 0.1) is 11.1 Å². The van der Waals surface area contributed by atoms with Gasteiger partial charge in [0.1, 0.15) is 11.2 Å². The van der Waals surface area contributed by atoms with Gasteiger partial charge in [-0.25, -0.2) is 0 Å². The molecule has 65 heavy (non-hydrogen) atoms. The first-order valence-corrected chi connectivity index (χ1v) is 22.4. The molecule has 0 unspecified atom stereocenters. The van der Waals surface area contributed by atoms with Crippen LogP contribution in [0.4, 0.5) is 17.1 Å². The first kappa shape index (κ1) is 37.1. The molecule has 304 valence electrons. The molecule has 1 aliphatic rings. The van der Waals surface area contributed by atoms with Crippen molar-refractivity contribution in [3.05, 3.63) is 271 Å². The van der Waals surface area contributed by atoms with Crippen LogP contribution in [0.1, 0.15) is 22.3 Å². The van der Waals surface area contributed by atoms with E-state index < -0.39 is 5.41 Å². The van der Waals surface area contributed by atoms with Crippen molar-refractivity contribution in [1.29, 1.82) is 0 Å². The van der Waals surface area contributed by atoms with E-state index in [1.807, 2.05) is 0 Å². The fraction of sp³-hybridized carbons (Fsp3) is 0.0159. The Balaban J connectivity index is 1.07. The maximum Gasteiger partial charge on any atom is 0.143 e. The van der Waals surface area contributed by atoms with E-state index in [0.29, 0.717) is 0 Å². The van der Waals surface area contributed by atoms with Gasteiger partial charge in [-0.15, -0.1) is 0 Å². The van der Waals surface area contributed by atoms with Gasteiger partial charge < -0.3 is 9.32 Å². The van der Waals surface area contributed by atoms with Crippen molar-refractivity contribution in [3.63, 3.8) is 0 Å². The Kier molecular flexibility index (Phi) is 8.47. The highest BCUT2D eigenvalue weighted by Crippen LogP contribution is 2.59. The molecule has 0 atom stereocenters. The molecule has 11 aromatic carbocycles. The van der Waals surface area contributed by atoms with Gasteiger partial charge in [0.25, 0.3) is 0 Å². The number of benzene rings is 11. The zero-order chi connectivity index (χ0) is 42.9. The standard InChI is InChI=1S/C63H41NO/c1-3-22-48(23-4-1)63(49-24-5-2-6-25-49)56-31-12-11-29-54(56)61-57(63)32-16-33-58(61)64(50-26-13-20-45(40-50)46-36-35-42-17-7-8-19-44(42)39-46)51-27-14-21-47(41-51)52-30-15-34-59-60(52)55-38-37-43-18-9-10-28-53(43)62(55)65-59/h1-41H. The quantitative estimate of drug-likeness (QED) is 0.159. The van der Waals surface area contributed by atoms with Crippen LogP contribution in [-0.4, -0.2) is 0 Å². The highest BCUT2D eigenvalue weighted by molar-refractivity contribution is 6.19. The van der Waals surface area contributed by atoms with Crippen molar-refractivity contribution in [2.45, 2.75) is 5.41 Å². The summed E-state index contributed by atoms with van der Waals surface area (Å²) in [6.45, 7) is 0. The SMILES string of the molecule is c1ccc(C2(c3ccccc3)c3ccccc3-c3c(N(c4cccc(-c5ccc6ccccc6c5)c4)c4cccc(-c5cccc6oc7c8ccccc8ccc7c56)c4)cccc32)cc1. The predicted octanol–water partition coefficient (Wildman–Crippen LogP) is 17.1. The second-order valence-corrected chi connectivity index (χ2v) is 17.2. The van der Waals surface area contributed by atoms with Crippen molar-refractivity contribution < 1.29 is 4.42 Å². The molecule has 0 saturated carbocycles. The lowest BCUT2D eigenvalue weighted by atomic mass is 9.68. The normalized spacial score (nSPS) is 12.7. The van der Waals surface area contributed by atoms with Crippen LogP contribution in [0.2, 0.25) is 0 Å². The number of fused-ring (bicyclic) bond motifs is 9. The van der Waals surface area contributed by atoms with Gasteiger partial charge in [-0.3, -0.25) is 0 Å². The largest absolute Gasteiger partial charge is 0.455 e. The third-order valence-corrected chi connectivity index (χ3v) is 13.7. The Morgan fingerprint density at radius 1 is 0.354 bits per heavy atom. The van der Waals surface area contributed by atoms with E-state index in [-0.39, 0.29) is 0 Å². The Morgan fingerprint density at radius 2 is 0.938 bits per heavy atom. The number of nitrogens with zero attached hydrogens (tertiary/aromatic N) is 1. The van der Waals surface area contributed by atoms with E-state index in [0.717, 1.165) is 61.1 Å². The molecule has 0 fully saturated rings. The predicted molar refractivity (Wildman–Crippen MR) is 272 cm³/mol. The number of hydrogen-bond donors (Lipinski definition) is 0. The van der Waals surface area contributed by atoms with Gasteiger partial charge in [-0.05, 0) is 115 Å². The average Bonchev–Trinajstić information content (AvgIpc) is 3.92. The molecule has 2 nitrogen and oxygen atoms in total. The van der Waals surface area contributed by atoms with Crippen molar-refractivity contribution >= 4 is 60.5 Å². The molecule has 12 aromatic rings. The van der Waals surface area contributed by atoms with Gasteiger partial charge in [-0.1, -0.05) is 200 Å². The van der Waals surface area contributed by atoms with Gasteiger partial charge in [-0.2, -0.15) is 0 Å². The molecule has 13 rings (SSSR count). The van der Waals surface area contributed by atoms with Crippen molar-refractivity contribution in [1.82, 2.24) is 0 Å². The number of rotatable bonds is 7. The van der Waals surface area contributed by atoms with E-state index in [4.69, 9.17) is 4.42 Å². The lowest BCUT2D eigenvalue weighted by Gasteiger charge is -2.34. The highest BCUT2D eigenvalue weighted by Gasteiger charge is 2.47. The van der Waals surface area contributed by atoms with E-state index in [2.05, 4.69) is 254 Å². The maximum atomic E-state index is 6.69. The molecular weight excluding hydrogens is 787 g/mol. The molecule has 2 heteroatoms. The molecule has 1 aromatic heterocycles. The summed E-state index contributed by atoms with van der Waals surface area (Å²) in [6.07, 6.45) is 0. The first-order chi connectivity index (χ1) is 32.2. The molecule has 0 amide bonds. The summed E-state index contributed by atoms with van der Waals surface area (Å²) in [6, 6.07) is 90.9. The van der Waals surface area contributed by atoms with Gasteiger partial charge in [0.15, 0.2) is 0 Å². The summed E-state index contributed by atoms with van der Waals surface area (Å²) >= 11 is 0. The van der Waals surface area contributed by atoms with Crippen molar-refractivity contribution in [2.75, 3.05) is 4.90 Å². The maximum absolute atomic E-state index is 6.69. The van der Waals surface area contributed by atoms with Crippen LogP contribution in [0.25, 0.3) is 76.9 Å². The lowest BCUT2D eigenvalue weighted by molar-refractivity contribution is 0.673. The molecule has 1 heterocycles. The minimum Gasteiger partial charge on any atom is -0.455 e. The second-order valence-electron chi connectivity index (χ2n) is 17.2. The van der Waals surface area contributed by atoms with E-state index in [9.17, 15) is 0 Å². The smallest absolute Gasteiger partial charge is 0.143 e. The summed E-state index contributed by atoms with van der Waals surface area (Å²) in [7, 11) is 0. The molecule has 0 N–H and O–H groups in total. The van der Waals surface area contributed by atoms with Crippen LogP contribution in [-0.2, 0) is 5.41 Å². The Labute approximate surface area is 377 Å². The number of hydrogen-bond acceptors (Lipinski definition) is 2. The molecular formula is C63H41NO. The molecule has 0 aliphatic heterocycles. The zero-order valence-electron chi connectivity index (χ0n) is 35.5. The Morgan fingerprint density at radius 3 is 1.74 bits per heavy atom. The van der Waals surface area contributed by atoms with Gasteiger partial charge in [0, 0.05) is 33.1 Å². The van der Waals surface area contributed by atoms with Crippen molar-refractivity contribution in [2.24, 2.45) is 0 Å². The van der Waals surface area contributed by atoms with E-state index in [1.165, 1.54) is 55.1 Å². The van der Waals surface area contributed by atoms with Crippen LogP contribution in [0.15, 0.2) is 253 Å². The summed E-state index contributed by atoms with van der Waals surface area (Å²) in [5.41, 5.74) is 16.6. The van der Waals surface area contributed by atoms with E-state index in [1.54, 1.807) is 0 Å². The molecule has 0 radical (unpaired) electrons. The van der Waals surface area contributed by atoms with Crippen LogP contribution >= 0.6 is 0 Å². The second kappa shape index (κ2) is 14.8. The van der Waals surface area contributed by atoms with Crippen LogP contribution in [0.3, 0.4) is 0 Å². The van der Waals surface area contributed by atoms with Crippen LogP contribution < -0.4 is 4.90 Å². The monoisotopic (exact) mass is 827 g/mol. The van der Waals surface area contributed by atoms with Crippen LogP contribution in [0, 0.1) is 0 Å². The van der Waals surface area contributed by atoms with Gasteiger partial charge >= 0.3 is 0 Å². The third-order valence-electron chi connectivity index (χ3n) is 13.7. The first-order valence-electron chi connectivity index (χ1n) is 22.4. The minimum atomic E-state index is -0.535. The molecule has 1 aliphatic carbocycles. The number of furan rings is 1. The molecule has 0 spiro atoms. The van der Waals surface area contributed by atoms with Crippen molar-refractivity contribution in [3.8, 4) is 33.4 Å². The number of anilines is 3. The summed E-state index contributed by atoms with van der Waals surface area (Å²) in [4.78, 5) is 2.48. The van der Waals surface area contributed by atoms with Gasteiger partial charge in [0.2, 0.25) is 0 Å². The van der Waals surface area contributed by atoms with Crippen LogP contribution in [0.5, 0.6) is 0 Å². The summed E-state index contributed by atoms with van der Waals surface area (Å²) in [5.74, 6) is 0. The highest BCUT2D eigenvalue weighted by atomic mass is 16.3. The van der Waals surface area contributed by atoms with E-state index >= 15 is 0 Å². The fourth-order valence-electron chi connectivity index (χ4n) is 10.9. The molecule has 0 bridgehead atoms. The summed E-state index contributed by atoms with van der Waals surface area (Å²) in [5, 5.41) is 7.00. The fourth-order valence-corrected chi connectivity index (χ4v) is 10.9.